The second kappa shape index (κ2) is 29.0. The predicted octanol–water partition coefficient (Wildman–Crippen LogP) is 6.82. The van der Waals surface area contributed by atoms with Gasteiger partial charge < -0.3 is 40.0 Å². The summed E-state index contributed by atoms with van der Waals surface area (Å²) >= 11 is 18.7. The molecule has 504 valence electrons. The monoisotopic (exact) mass is 1410 g/mol. The molecular weight excluding hydrogens is 1340 g/mol. The Morgan fingerprint density at radius 3 is 1.37 bits per heavy atom. The summed E-state index contributed by atoms with van der Waals surface area (Å²) in [6, 6.07) is 15.0. The Bertz CT molecular complexity index is 3850. The van der Waals surface area contributed by atoms with Gasteiger partial charge in [-0.1, -0.05) is 34.8 Å². The molecule has 4 aromatic heterocycles. The Hall–Kier alpha value is -5.94. The lowest BCUT2D eigenvalue weighted by molar-refractivity contribution is -0.147. The third-order valence-electron chi connectivity index (χ3n) is 16.2. The fraction of sp³-hybridized carbons (Fsp3) is 0.536. The van der Waals surface area contributed by atoms with Gasteiger partial charge >= 0.3 is 12.4 Å². The molecule has 0 radical (unpaired) electrons. The average molecular weight is 1420 g/mol. The number of fused-ring (bicyclic) bond motifs is 2. The molecule has 6 aliphatic rings. The van der Waals surface area contributed by atoms with E-state index in [9.17, 15) is 57.9 Å². The van der Waals surface area contributed by atoms with Crippen LogP contribution in [0.3, 0.4) is 0 Å². The number of piperazine rings is 2. The number of hydrogen-bond acceptors (Lipinski definition) is 18. The SMILES string of the molecule is CS(=O)(=O)Nc1ccc(Cl)cc1C(=O)N1CCCC[C@H]1c1cc2nc(Cl)cc(N3CCN(CC(F)(F)F)CC3)n2n1.CS(=O)(=O)Nc1ccc(Cl)cc1C(=O)N1CCCC[C@H]1c1cc2nc(N3CC(O)C3)cc(N3CCN(CC(F)(F)F)CC3)n2n1.Cl.OC1CNC1. The fourth-order valence-electron chi connectivity index (χ4n) is 11.8. The minimum absolute atomic E-state index is 0. The maximum absolute atomic E-state index is 14.0. The highest BCUT2D eigenvalue weighted by molar-refractivity contribution is 7.92. The van der Waals surface area contributed by atoms with E-state index >= 15 is 0 Å². The first kappa shape index (κ1) is 70.4. The highest BCUT2D eigenvalue weighted by atomic mass is 35.5. The molecule has 0 saturated carbocycles. The number of alkyl halides is 6. The van der Waals surface area contributed by atoms with Crippen LogP contribution in [0.2, 0.25) is 15.2 Å². The first-order valence-corrected chi connectivity index (χ1v) is 34.4. The molecule has 0 bridgehead atoms. The number of carbonyl (C=O) groups excluding carboxylic acids is 2. The van der Waals surface area contributed by atoms with Gasteiger partial charge in [-0.2, -0.15) is 45.6 Å². The summed E-state index contributed by atoms with van der Waals surface area (Å²) in [5, 5.41) is 31.7. The first-order chi connectivity index (χ1) is 42.9. The minimum atomic E-state index is -4.27. The quantitative estimate of drug-likeness (QED) is 0.0587. The number of carbonyl (C=O) groups is 2. The lowest BCUT2D eigenvalue weighted by Crippen LogP contribution is -2.51. The largest absolute Gasteiger partial charge is 0.401 e. The average Bonchev–Trinajstić information content (AvgIpc) is 1.58. The zero-order chi connectivity index (χ0) is 65.3. The van der Waals surface area contributed by atoms with Crippen LogP contribution in [-0.4, -0.2) is 229 Å². The Morgan fingerprint density at radius 2 is 0.989 bits per heavy atom. The van der Waals surface area contributed by atoms with Crippen LogP contribution in [0.1, 0.15) is 82.7 Å². The molecule has 2 aromatic carbocycles. The lowest BCUT2D eigenvalue weighted by Gasteiger charge is -2.39. The van der Waals surface area contributed by atoms with Gasteiger partial charge in [0.25, 0.3) is 11.8 Å². The highest BCUT2D eigenvalue weighted by Gasteiger charge is 2.38. The number of aliphatic hydroxyl groups excluding tert-OH is 2. The van der Waals surface area contributed by atoms with Gasteiger partial charge in [0.05, 0.1) is 83.8 Å². The van der Waals surface area contributed by atoms with Crippen molar-refractivity contribution in [2.75, 3.05) is 141 Å². The van der Waals surface area contributed by atoms with Crippen molar-refractivity contribution in [3.05, 3.63) is 98.4 Å². The number of anilines is 5. The highest BCUT2D eigenvalue weighted by Crippen LogP contribution is 2.38. The summed E-state index contributed by atoms with van der Waals surface area (Å²) in [6.07, 6.45) is -2.63. The van der Waals surface area contributed by atoms with Crippen LogP contribution in [0.5, 0.6) is 0 Å². The normalized spacial score (nSPS) is 19.9. The van der Waals surface area contributed by atoms with Crippen LogP contribution in [-0.2, 0) is 20.0 Å². The van der Waals surface area contributed by atoms with Crippen molar-refractivity contribution in [1.82, 2.24) is 54.1 Å². The van der Waals surface area contributed by atoms with Gasteiger partial charge in [-0.15, -0.1) is 12.4 Å². The van der Waals surface area contributed by atoms with Crippen LogP contribution in [0.25, 0.3) is 11.3 Å². The molecule has 2 atom stereocenters. The maximum atomic E-state index is 14.0. The van der Waals surface area contributed by atoms with Crippen LogP contribution < -0.4 is 29.5 Å². The molecule has 2 amide bonds. The summed E-state index contributed by atoms with van der Waals surface area (Å²) in [4.78, 5) is 48.9. The number of rotatable bonds is 13. The number of sulfonamides is 2. The Balaban J connectivity index is 0.000000200. The smallest absolute Gasteiger partial charge is 0.390 e. The number of aromatic nitrogens is 6. The van der Waals surface area contributed by atoms with Crippen molar-refractivity contribution in [3.8, 4) is 0 Å². The van der Waals surface area contributed by atoms with E-state index in [-0.39, 0.29) is 82.4 Å². The van der Waals surface area contributed by atoms with Gasteiger partial charge in [0.2, 0.25) is 20.0 Å². The van der Waals surface area contributed by atoms with Crippen molar-refractivity contribution in [2.24, 2.45) is 0 Å². The third-order valence-corrected chi connectivity index (χ3v) is 18.0. The summed E-state index contributed by atoms with van der Waals surface area (Å²) in [7, 11) is -7.33. The number of hydrogen-bond donors (Lipinski definition) is 5. The number of likely N-dealkylation sites (tertiary alicyclic amines) is 2. The molecular formula is C56H70Cl4F6N16O8S2. The molecule has 12 rings (SSSR count). The van der Waals surface area contributed by atoms with Gasteiger partial charge in [-0.3, -0.25) is 28.8 Å². The van der Waals surface area contributed by atoms with Crippen molar-refractivity contribution in [1.29, 1.82) is 0 Å². The van der Waals surface area contributed by atoms with Crippen LogP contribution in [0.15, 0.2) is 60.7 Å². The van der Waals surface area contributed by atoms with E-state index in [1.165, 1.54) is 46.2 Å². The van der Waals surface area contributed by atoms with E-state index in [1.54, 1.807) is 31.0 Å². The summed E-state index contributed by atoms with van der Waals surface area (Å²) in [5.74, 6) is 1.10. The predicted molar refractivity (Wildman–Crippen MR) is 340 cm³/mol. The standard InChI is InChI=1S/C28H34ClF3N8O4S.C25H28Cl2F3N7O3S.C3H7NO.ClH/c1-45(43,44)35-21-6-5-18(29)12-20(21)27(42)39-7-3-2-4-23(39)22-13-25-33-24(38-15-19(41)16-38)14-26(40(25)34-22)37-10-8-36(9-11-37)17-28(30,31)32;1-41(39,40)33-18-6-5-16(26)12-17(18)24(38)36-7-3-2-4-20(36)19-13-22-31-21(27)14-23(37(22)32-19)35-10-8-34(9-11-35)15-25(28,29)30;5-3-1-4-2-3;/h5-6,12-14,19,23,35,41H,2-4,7-11,15-17H2,1H3;5-6,12-14,20,33H,2-4,7-11,15H2,1H3;3-5H,1-2H2;1H/t23-;20-;;/m00../s1. The van der Waals surface area contributed by atoms with E-state index in [0.29, 0.717) is 105 Å². The number of nitrogens with one attached hydrogen (secondary N) is 3. The molecule has 6 aromatic rings. The molecule has 24 nitrogen and oxygen atoms in total. The van der Waals surface area contributed by atoms with Gasteiger partial charge in [0, 0.05) is 126 Å². The van der Waals surface area contributed by atoms with Gasteiger partial charge in [0.1, 0.15) is 22.6 Å². The number of halogens is 10. The molecule has 0 spiro atoms. The van der Waals surface area contributed by atoms with E-state index < -0.39 is 75.5 Å². The van der Waals surface area contributed by atoms with Crippen molar-refractivity contribution < 1.29 is 63.0 Å². The summed E-state index contributed by atoms with van der Waals surface area (Å²) in [6.45, 7) is 3.63. The lowest BCUT2D eigenvalue weighted by atomic mass is 9.98. The number of aliphatic hydroxyl groups is 2. The molecule has 6 saturated heterocycles. The number of piperidine rings is 2. The molecule has 6 aliphatic heterocycles. The zero-order valence-electron chi connectivity index (χ0n) is 49.9. The summed E-state index contributed by atoms with van der Waals surface area (Å²) in [5.41, 5.74) is 2.62. The molecule has 5 N–H and O–H groups in total. The summed E-state index contributed by atoms with van der Waals surface area (Å²) < 4.78 is 134. The molecule has 6 fully saturated rings. The number of amides is 2. The number of nitrogens with zero attached hydrogens (tertiary/aromatic N) is 13. The molecule has 36 heteroatoms. The van der Waals surface area contributed by atoms with Gasteiger partial charge in [-0.25, -0.2) is 26.8 Å². The number of β-amino-alcohol motifs (C(OH)–C–C–N with tert-alkyl or cyclic N) is 2. The van der Waals surface area contributed by atoms with E-state index in [2.05, 4.69) is 19.7 Å². The number of benzene rings is 2. The first-order valence-electron chi connectivity index (χ1n) is 29.4. The Labute approximate surface area is 548 Å². The van der Waals surface area contributed by atoms with Crippen LogP contribution >= 0.6 is 47.2 Å². The molecule has 92 heavy (non-hydrogen) atoms. The Kier molecular flexibility index (Phi) is 22.2. The molecule has 0 unspecified atom stereocenters. The van der Waals surface area contributed by atoms with Crippen molar-refractivity contribution in [2.45, 2.75) is 75.2 Å². The van der Waals surface area contributed by atoms with Gasteiger partial charge in [0.15, 0.2) is 11.3 Å². The zero-order valence-corrected chi connectivity index (χ0v) is 54.6. The molecule has 0 aliphatic carbocycles. The minimum Gasteiger partial charge on any atom is -0.390 e. The third kappa shape index (κ3) is 17.9. The van der Waals surface area contributed by atoms with E-state index in [0.717, 1.165) is 51.3 Å². The van der Waals surface area contributed by atoms with Gasteiger partial charge in [-0.05, 0) is 74.9 Å². The maximum Gasteiger partial charge on any atom is 0.401 e. The van der Waals surface area contributed by atoms with E-state index in [4.69, 9.17) is 55.1 Å². The van der Waals surface area contributed by atoms with Crippen molar-refractivity contribution >= 4 is 119 Å². The Morgan fingerprint density at radius 1 is 0.576 bits per heavy atom. The fourth-order valence-corrected chi connectivity index (χ4v) is 13.5. The van der Waals surface area contributed by atoms with Crippen molar-refractivity contribution in [3.63, 3.8) is 0 Å². The second-order valence-electron chi connectivity index (χ2n) is 23.4. The van der Waals surface area contributed by atoms with Crippen LogP contribution in [0.4, 0.5) is 55.2 Å². The topological polar surface area (TPSA) is 262 Å². The van der Waals surface area contributed by atoms with E-state index in [1.807, 2.05) is 26.8 Å². The molecule has 10 heterocycles. The van der Waals surface area contributed by atoms with Crippen LogP contribution in [0, 0.1) is 0 Å². The second-order valence-corrected chi connectivity index (χ2v) is 28.1.